The molecule has 6 N–H and O–H groups in total. The Morgan fingerprint density at radius 1 is 0.930 bits per heavy atom. The first-order valence-corrected chi connectivity index (χ1v) is 13.8. The monoisotopic (exact) mass is 597 g/mol. The van der Waals surface area contributed by atoms with Crippen molar-refractivity contribution in [3.8, 4) is 34.1 Å². The standard InChI is InChI=1S/C30H31NO12/c1-5-8-30(42-4)28(39)16-17(29(40)31(30)2)22(36)14-10(20(16)34)6-7-11-15(14)23(37)19-24(38)18-21(35)12(32)9-13(33)26(18)43-27(19)25(11)41-3/h12-13,21,32-37H,5-9H2,1-4H3/t12-,13-,21-,30+/m0/s1. The first-order valence-electron chi connectivity index (χ1n) is 13.8. The van der Waals surface area contributed by atoms with E-state index in [1.54, 1.807) is 6.92 Å². The molecular formula is C30H31NO12. The van der Waals surface area contributed by atoms with E-state index < -0.39 is 80.5 Å². The van der Waals surface area contributed by atoms with Crippen molar-refractivity contribution in [2.75, 3.05) is 21.3 Å². The maximum absolute atomic E-state index is 13.8. The zero-order valence-corrected chi connectivity index (χ0v) is 23.8. The van der Waals surface area contributed by atoms with Crippen LogP contribution in [0.2, 0.25) is 0 Å². The third-order valence-electron chi connectivity index (χ3n) is 9.06. The van der Waals surface area contributed by atoms with Crippen molar-refractivity contribution in [2.24, 2.45) is 0 Å². The lowest BCUT2D eigenvalue weighted by atomic mass is 9.76. The molecule has 0 saturated carbocycles. The van der Waals surface area contributed by atoms with Crippen molar-refractivity contribution in [3.63, 3.8) is 0 Å². The van der Waals surface area contributed by atoms with E-state index in [1.807, 2.05) is 0 Å². The van der Waals surface area contributed by atoms with Crippen molar-refractivity contribution in [1.82, 2.24) is 4.90 Å². The summed E-state index contributed by atoms with van der Waals surface area (Å²) in [6.07, 6.45) is -4.21. The number of phenols is 3. The zero-order chi connectivity index (χ0) is 31.3. The second-order valence-electron chi connectivity index (χ2n) is 11.1. The van der Waals surface area contributed by atoms with E-state index in [4.69, 9.17) is 13.9 Å². The molecule has 1 aliphatic heterocycles. The molecule has 2 heterocycles. The van der Waals surface area contributed by atoms with Gasteiger partial charge < -0.3 is 49.4 Å². The van der Waals surface area contributed by atoms with E-state index in [0.29, 0.717) is 6.42 Å². The maximum Gasteiger partial charge on any atom is 0.260 e. The molecular weight excluding hydrogens is 566 g/mol. The fraction of sp³-hybridized carbons (Fsp3) is 0.433. The van der Waals surface area contributed by atoms with Crippen LogP contribution in [0.4, 0.5) is 0 Å². The van der Waals surface area contributed by atoms with Crippen molar-refractivity contribution < 1.29 is 54.1 Å². The molecule has 0 fully saturated rings. The highest BCUT2D eigenvalue weighted by Gasteiger charge is 2.53. The first kappa shape index (κ1) is 28.9. The molecule has 228 valence electrons. The number of hydrogen-bond acceptors (Lipinski definition) is 12. The molecule has 0 unspecified atom stereocenters. The van der Waals surface area contributed by atoms with Gasteiger partial charge in [-0.15, -0.1) is 0 Å². The van der Waals surface area contributed by atoms with Gasteiger partial charge in [0.2, 0.25) is 16.9 Å². The molecule has 2 aromatic carbocycles. The van der Waals surface area contributed by atoms with E-state index in [0.717, 1.165) is 4.90 Å². The lowest BCUT2D eigenvalue weighted by molar-refractivity contribution is -0.0851. The van der Waals surface area contributed by atoms with Gasteiger partial charge in [0, 0.05) is 49.3 Å². The molecule has 4 atom stereocenters. The smallest absolute Gasteiger partial charge is 0.260 e. The van der Waals surface area contributed by atoms with Crippen LogP contribution in [0.25, 0.3) is 22.1 Å². The molecule has 3 aromatic rings. The van der Waals surface area contributed by atoms with Gasteiger partial charge in [-0.3, -0.25) is 14.4 Å². The number of nitrogens with zero attached hydrogens (tertiary/aromatic N) is 1. The van der Waals surface area contributed by atoms with Crippen LogP contribution in [0.5, 0.6) is 23.0 Å². The van der Waals surface area contributed by atoms with Crippen LogP contribution >= 0.6 is 0 Å². The predicted molar refractivity (Wildman–Crippen MR) is 148 cm³/mol. The average Bonchev–Trinajstić information content (AvgIpc) is 2.98. The number of aliphatic hydroxyl groups is 3. The molecule has 13 heteroatoms. The number of carbonyl (C=O) groups is 2. The first-order chi connectivity index (χ1) is 20.4. The van der Waals surface area contributed by atoms with Gasteiger partial charge in [0.1, 0.15) is 40.6 Å². The number of phenolic OH excluding ortho intramolecular Hbond substituents is 3. The van der Waals surface area contributed by atoms with Crippen molar-refractivity contribution in [2.45, 2.75) is 63.1 Å². The van der Waals surface area contributed by atoms with Gasteiger partial charge in [-0.1, -0.05) is 13.3 Å². The van der Waals surface area contributed by atoms with Gasteiger partial charge in [-0.05, 0) is 12.8 Å². The highest BCUT2D eigenvalue weighted by Crippen LogP contribution is 2.56. The van der Waals surface area contributed by atoms with Gasteiger partial charge in [-0.25, -0.2) is 0 Å². The Balaban J connectivity index is 1.72. The molecule has 0 spiro atoms. The lowest BCUT2D eigenvalue weighted by Crippen LogP contribution is -2.60. The van der Waals surface area contributed by atoms with E-state index in [-0.39, 0.29) is 65.0 Å². The number of ketones is 1. The van der Waals surface area contributed by atoms with Crippen molar-refractivity contribution >= 4 is 22.7 Å². The number of amides is 1. The van der Waals surface area contributed by atoms with E-state index in [9.17, 15) is 45.0 Å². The number of Topliss-reactive ketones (excluding diaryl/α,β-unsaturated/α-hetero) is 1. The van der Waals surface area contributed by atoms with Gasteiger partial charge >= 0.3 is 0 Å². The minimum absolute atomic E-state index is 0.0151. The Morgan fingerprint density at radius 2 is 1.58 bits per heavy atom. The van der Waals surface area contributed by atoms with Gasteiger partial charge in [0.05, 0.1) is 29.9 Å². The normalized spacial score (nSPS) is 24.4. The summed E-state index contributed by atoms with van der Waals surface area (Å²) in [4.78, 5) is 42.4. The highest BCUT2D eigenvalue weighted by molar-refractivity contribution is 6.21. The molecule has 1 amide bonds. The predicted octanol–water partition coefficient (Wildman–Crippen LogP) is 1.93. The van der Waals surface area contributed by atoms with E-state index in [2.05, 4.69) is 0 Å². The summed E-state index contributed by atoms with van der Waals surface area (Å²) >= 11 is 0. The number of likely N-dealkylation sites (N-methyl/N-ethyl adjacent to an activating group) is 1. The zero-order valence-electron chi connectivity index (χ0n) is 23.8. The summed E-state index contributed by atoms with van der Waals surface area (Å²) in [6, 6.07) is 0. The number of aliphatic hydroxyl groups excluding tert-OH is 3. The number of carbonyl (C=O) groups excluding carboxylic acids is 2. The van der Waals surface area contributed by atoms with Gasteiger partial charge in [-0.2, -0.15) is 0 Å². The van der Waals surface area contributed by atoms with Crippen LogP contribution in [-0.4, -0.2) is 80.3 Å². The summed E-state index contributed by atoms with van der Waals surface area (Å²) in [5, 5.41) is 65.7. The van der Waals surface area contributed by atoms with Crippen LogP contribution in [0.1, 0.15) is 81.6 Å². The second kappa shape index (κ2) is 9.67. The summed E-state index contributed by atoms with van der Waals surface area (Å²) in [5.74, 6) is -3.78. The number of hydrogen-bond donors (Lipinski definition) is 6. The highest BCUT2D eigenvalue weighted by atomic mass is 16.5. The Hall–Kier alpha value is -4.17. The fourth-order valence-corrected chi connectivity index (χ4v) is 6.96. The van der Waals surface area contributed by atoms with Crippen LogP contribution < -0.4 is 10.2 Å². The molecule has 2 aliphatic carbocycles. The van der Waals surface area contributed by atoms with Crippen molar-refractivity contribution in [1.29, 1.82) is 0 Å². The number of benzene rings is 2. The van der Waals surface area contributed by atoms with Gasteiger partial charge in [0.15, 0.2) is 11.3 Å². The summed E-state index contributed by atoms with van der Waals surface area (Å²) < 4.78 is 17.0. The third-order valence-corrected chi connectivity index (χ3v) is 9.06. The van der Waals surface area contributed by atoms with Crippen LogP contribution in [0, 0.1) is 0 Å². The minimum Gasteiger partial charge on any atom is -0.507 e. The topological polar surface area (TPSA) is 207 Å². The summed E-state index contributed by atoms with van der Waals surface area (Å²) in [7, 11) is 3.92. The Bertz CT molecular complexity index is 1810. The Morgan fingerprint density at radius 3 is 2.21 bits per heavy atom. The molecule has 43 heavy (non-hydrogen) atoms. The minimum atomic E-state index is -1.72. The molecule has 0 bridgehead atoms. The molecule has 0 radical (unpaired) electrons. The number of rotatable bonds is 4. The number of aromatic hydroxyl groups is 3. The third kappa shape index (κ3) is 3.50. The Kier molecular flexibility index (Phi) is 6.51. The SMILES string of the molecule is CCC[C@@]1(OC)C(=O)c2c(O)c3c(c(O)c2C(=O)N1C)-c1c(c(OC)c2oc4c(c(=O)c2c1O)[C@@H](O)[C@@H](O)C[C@@H]4O)CC3. The Labute approximate surface area is 244 Å². The summed E-state index contributed by atoms with van der Waals surface area (Å²) in [6.45, 7) is 1.80. The number of fused-ring (bicyclic) bond motifs is 6. The number of ether oxygens (including phenoxy) is 2. The summed E-state index contributed by atoms with van der Waals surface area (Å²) in [5.41, 5.74) is -4.22. The second-order valence-corrected chi connectivity index (χ2v) is 11.1. The van der Waals surface area contributed by atoms with Crippen LogP contribution in [0.15, 0.2) is 9.21 Å². The maximum atomic E-state index is 13.8. The van der Waals surface area contributed by atoms with Crippen LogP contribution in [-0.2, 0) is 17.6 Å². The molecule has 13 nitrogen and oxygen atoms in total. The fourth-order valence-electron chi connectivity index (χ4n) is 6.96. The van der Waals surface area contributed by atoms with E-state index in [1.165, 1.54) is 21.3 Å². The molecule has 6 rings (SSSR count). The quantitative estimate of drug-likeness (QED) is 0.239. The molecule has 0 saturated heterocycles. The van der Waals surface area contributed by atoms with Crippen LogP contribution in [0.3, 0.4) is 0 Å². The number of methoxy groups -OCH3 is 2. The van der Waals surface area contributed by atoms with Crippen molar-refractivity contribution in [3.05, 3.63) is 43.8 Å². The van der Waals surface area contributed by atoms with E-state index >= 15 is 0 Å². The molecule has 3 aliphatic rings. The average molecular weight is 598 g/mol. The molecule has 1 aromatic heterocycles. The lowest BCUT2D eigenvalue weighted by Gasteiger charge is -2.43. The largest absolute Gasteiger partial charge is 0.507 e. The van der Waals surface area contributed by atoms with Gasteiger partial charge in [0.25, 0.3) is 5.91 Å².